The third-order valence-corrected chi connectivity index (χ3v) is 2.65. The molecule has 0 saturated heterocycles. The van der Waals surface area contributed by atoms with Gasteiger partial charge < -0.3 is 5.32 Å². The van der Waals surface area contributed by atoms with E-state index in [9.17, 15) is 4.79 Å². The summed E-state index contributed by atoms with van der Waals surface area (Å²) in [6.45, 7) is 9.01. The van der Waals surface area contributed by atoms with Crippen molar-refractivity contribution in [3.05, 3.63) is 41.5 Å². The number of nitrogens with one attached hydrogen (secondary N) is 1. The van der Waals surface area contributed by atoms with E-state index in [0.717, 1.165) is 24.8 Å². The minimum atomic E-state index is 0.716. The summed E-state index contributed by atoms with van der Waals surface area (Å²) in [4.78, 5) is 10.1. The Labute approximate surface area is 97.4 Å². The molecule has 2 heteroatoms. The SMILES string of the molecule is C=C(CCCNC=O)c1ccc(C)cc1C. The van der Waals surface area contributed by atoms with Gasteiger partial charge in [-0.25, -0.2) is 0 Å². The lowest BCUT2D eigenvalue weighted by molar-refractivity contribution is -0.109. The second-order valence-electron chi connectivity index (χ2n) is 4.10. The van der Waals surface area contributed by atoms with Gasteiger partial charge in [-0.15, -0.1) is 0 Å². The van der Waals surface area contributed by atoms with Crippen LogP contribution in [0.3, 0.4) is 0 Å². The van der Waals surface area contributed by atoms with Crippen molar-refractivity contribution in [2.45, 2.75) is 26.7 Å². The largest absolute Gasteiger partial charge is 0.359 e. The van der Waals surface area contributed by atoms with Crippen LogP contribution in [-0.2, 0) is 4.79 Å². The van der Waals surface area contributed by atoms with Gasteiger partial charge in [0.05, 0.1) is 0 Å². The number of benzene rings is 1. The van der Waals surface area contributed by atoms with Gasteiger partial charge in [0.2, 0.25) is 6.41 Å². The number of hydrogen-bond acceptors (Lipinski definition) is 1. The Balaban J connectivity index is 2.56. The molecule has 0 aromatic heterocycles. The van der Waals surface area contributed by atoms with Crippen molar-refractivity contribution < 1.29 is 4.79 Å². The Bertz CT molecular complexity index is 382. The summed E-state index contributed by atoms with van der Waals surface area (Å²) in [5.74, 6) is 0. The number of allylic oxidation sites excluding steroid dienone is 1. The van der Waals surface area contributed by atoms with E-state index in [1.165, 1.54) is 16.7 Å². The molecule has 0 aliphatic heterocycles. The van der Waals surface area contributed by atoms with E-state index in [1.807, 2.05) is 0 Å². The Hall–Kier alpha value is -1.57. The highest BCUT2D eigenvalue weighted by atomic mass is 16.1. The lowest BCUT2D eigenvalue weighted by Gasteiger charge is -2.10. The maximum Gasteiger partial charge on any atom is 0.207 e. The van der Waals surface area contributed by atoms with Crippen molar-refractivity contribution in [1.82, 2.24) is 5.32 Å². The fourth-order valence-electron chi connectivity index (χ4n) is 1.81. The zero-order valence-electron chi connectivity index (χ0n) is 10.0. The summed E-state index contributed by atoms with van der Waals surface area (Å²) in [6, 6.07) is 6.40. The molecule has 0 atom stereocenters. The van der Waals surface area contributed by atoms with E-state index >= 15 is 0 Å². The molecule has 1 N–H and O–H groups in total. The Kier molecular flexibility index (Phi) is 4.77. The third kappa shape index (κ3) is 3.54. The molecule has 1 rings (SSSR count). The topological polar surface area (TPSA) is 29.1 Å². The Morgan fingerprint density at radius 3 is 2.81 bits per heavy atom. The summed E-state index contributed by atoms with van der Waals surface area (Å²) in [7, 11) is 0. The van der Waals surface area contributed by atoms with Crippen LogP contribution in [0, 0.1) is 13.8 Å². The van der Waals surface area contributed by atoms with Crippen molar-refractivity contribution in [1.29, 1.82) is 0 Å². The number of amides is 1. The van der Waals surface area contributed by atoms with E-state index in [2.05, 4.69) is 43.9 Å². The number of aryl methyl sites for hydroxylation is 2. The number of carbonyl (C=O) groups excluding carboxylic acids is 1. The maximum atomic E-state index is 10.1. The van der Waals surface area contributed by atoms with Crippen LogP contribution in [-0.4, -0.2) is 13.0 Å². The lowest BCUT2D eigenvalue weighted by atomic mass is 9.97. The second kappa shape index (κ2) is 6.11. The van der Waals surface area contributed by atoms with E-state index in [4.69, 9.17) is 0 Å². The minimum Gasteiger partial charge on any atom is -0.359 e. The standard InChI is InChI=1S/C14H19NO/c1-11-6-7-14(13(3)9-11)12(2)5-4-8-15-10-16/h6-7,9-10H,2,4-5,8H2,1,3H3,(H,15,16). The van der Waals surface area contributed by atoms with Crippen LogP contribution in [0.25, 0.3) is 5.57 Å². The van der Waals surface area contributed by atoms with E-state index in [1.54, 1.807) is 0 Å². The molecule has 2 nitrogen and oxygen atoms in total. The molecule has 0 aliphatic carbocycles. The number of hydrogen-bond donors (Lipinski definition) is 1. The third-order valence-electron chi connectivity index (χ3n) is 2.65. The first-order chi connectivity index (χ1) is 7.65. The zero-order valence-corrected chi connectivity index (χ0v) is 10.0. The molecule has 0 spiro atoms. The first kappa shape index (κ1) is 12.5. The molecule has 1 aromatic rings. The zero-order chi connectivity index (χ0) is 12.0. The van der Waals surface area contributed by atoms with Gasteiger partial charge in [-0.05, 0) is 43.4 Å². The second-order valence-corrected chi connectivity index (χ2v) is 4.10. The Morgan fingerprint density at radius 2 is 2.19 bits per heavy atom. The fourth-order valence-corrected chi connectivity index (χ4v) is 1.81. The van der Waals surface area contributed by atoms with Gasteiger partial charge in [-0.2, -0.15) is 0 Å². The predicted molar refractivity (Wildman–Crippen MR) is 68.3 cm³/mol. The molecule has 0 heterocycles. The quantitative estimate of drug-likeness (QED) is 0.576. The highest BCUT2D eigenvalue weighted by Crippen LogP contribution is 2.22. The van der Waals surface area contributed by atoms with Crippen LogP contribution in [0.15, 0.2) is 24.8 Å². The highest BCUT2D eigenvalue weighted by Gasteiger charge is 2.02. The molecule has 0 bridgehead atoms. The monoisotopic (exact) mass is 217 g/mol. The van der Waals surface area contributed by atoms with Gasteiger partial charge in [0.15, 0.2) is 0 Å². The molecular formula is C14H19NO. The van der Waals surface area contributed by atoms with E-state index in [0.29, 0.717) is 6.54 Å². The molecule has 1 amide bonds. The smallest absolute Gasteiger partial charge is 0.207 e. The molecule has 0 unspecified atom stereocenters. The fraction of sp³-hybridized carbons (Fsp3) is 0.357. The van der Waals surface area contributed by atoms with Gasteiger partial charge in [0.1, 0.15) is 0 Å². The van der Waals surface area contributed by atoms with Gasteiger partial charge in [-0.1, -0.05) is 30.3 Å². The van der Waals surface area contributed by atoms with E-state index < -0.39 is 0 Å². The normalized spacial score (nSPS) is 9.88. The average molecular weight is 217 g/mol. The van der Waals surface area contributed by atoms with Crippen molar-refractivity contribution in [2.24, 2.45) is 0 Å². The van der Waals surface area contributed by atoms with Crippen LogP contribution in [0.5, 0.6) is 0 Å². The average Bonchev–Trinajstić information content (AvgIpc) is 2.24. The summed E-state index contributed by atoms with van der Waals surface area (Å²) in [5, 5.41) is 2.66. The van der Waals surface area contributed by atoms with Crippen molar-refractivity contribution in [3.63, 3.8) is 0 Å². The number of carbonyl (C=O) groups is 1. The van der Waals surface area contributed by atoms with Gasteiger partial charge in [-0.3, -0.25) is 4.79 Å². The first-order valence-corrected chi connectivity index (χ1v) is 5.57. The van der Waals surface area contributed by atoms with Crippen molar-refractivity contribution in [2.75, 3.05) is 6.54 Å². The molecule has 0 fully saturated rings. The number of rotatable bonds is 6. The molecule has 0 aliphatic rings. The maximum absolute atomic E-state index is 10.1. The van der Waals surface area contributed by atoms with Crippen molar-refractivity contribution in [3.8, 4) is 0 Å². The molecule has 0 radical (unpaired) electrons. The molecule has 16 heavy (non-hydrogen) atoms. The summed E-state index contributed by atoms with van der Waals surface area (Å²) in [6.07, 6.45) is 2.59. The van der Waals surface area contributed by atoms with Crippen LogP contribution < -0.4 is 5.32 Å². The predicted octanol–water partition coefficient (Wildman–Crippen LogP) is 2.84. The van der Waals surface area contributed by atoms with Crippen LogP contribution in [0.1, 0.15) is 29.5 Å². The van der Waals surface area contributed by atoms with Crippen LogP contribution in [0.2, 0.25) is 0 Å². The summed E-state index contributed by atoms with van der Waals surface area (Å²) < 4.78 is 0. The summed E-state index contributed by atoms with van der Waals surface area (Å²) >= 11 is 0. The molecule has 0 saturated carbocycles. The Morgan fingerprint density at radius 1 is 1.44 bits per heavy atom. The minimum absolute atomic E-state index is 0.716. The highest BCUT2D eigenvalue weighted by molar-refractivity contribution is 5.66. The first-order valence-electron chi connectivity index (χ1n) is 5.57. The molecular weight excluding hydrogens is 198 g/mol. The summed E-state index contributed by atoms with van der Waals surface area (Å²) in [5.41, 5.74) is 4.92. The van der Waals surface area contributed by atoms with Gasteiger partial charge >= 0.3 is 0 Å². The van der Waals surface area contributed by atoms with Crippen LogP contribution >= 0.6 is 0 Å². The lowest BCUT2D eigenvalue weighted by Crippen LogP contribution is -2.11. The van der Waals surface area contributed by atoms with E-state index in [-0.39, 0.29) is 0 Å². The van der Waals surface area contributed by atoms with Crippen LogP contribution in [0.4, 0.5) is 0 Å². The van der Waals surface area contributed by atoms with Crippen molar-refractivity contribution >= 4 is 12.0 Å². The van der Waals surface area contributed by atoms with Gasteiger partial charge in [0, 0.05) is 6.54 Å². The molecule has 1 aromatic carbocycles. The van der Waals surface area contributed by atoms with Gasteiger partial charge in [0.25, 0.3) is 0 Å². The molecule has 86 valence electrons.